The molecule has 0 unspecified atom stereocenters. The van der Waals surface area contributed by atoms with Crippen molar-refractivity contribution in [2.45, 2.75) is 12.2 Å². The Bertz CT molecular complexity index is 671. The summed E-state index contributed by atoms with van der Waals surface area (Å²) in [6.45, 7) is 0. The second-order valence-corrected chi connectivity index (χ2v) is 4.02. The van der Waals surface area contributed by atoms with Gasteiger partial charge in [-0.2, -0.15) is 17.6 Å². The molecule has 0 bridgehead atoms. The zero-order valence-electron chi connectivity index (χ0n) is 9.57. The summed E-state index contributed by atoms with van der Waals surface area (Å²) < 4.78 is 64.8. The molecule has 1 aliphatic heterocycles. The van der Waals surface area contributed by atoms with Crippen LogP contribution in [0.15, 0.2) is 28.8 Å². The third-order valence-corrected chi connectivity index (χ3v) is 2.57. The molecule has 0 spiro atoms. The Kier molecular flexibility index (Phi) is 2.38. The van der Waals surface area contributed by atoms with E-state index in [-0.39, 0.29) is 17.1 Å². The minimum absolute atomic E-state index is 0.0896. The number of fused-ring (bicyclic) bond motifs is 1. The molecular formula is C11H6F4N2O3. The third-order valence-electron chi connectivity index (χ3n) is 2.57. The molecule has 20 heavy (non-hydrogen) atoms. The quantitative estimate of drug-likeness (QED) is 0.818. The fourth-order valence-corrected chi connectivity index (χ4v) is 1.65. The van der Waals surface area contributed by atoms with Crippen molar-refractivity contribution in [1.82, 2.24) is 5.16 Å². The average Bonchev–Trinajstić information content (AvgIpc) is 2.76. The van der Waals surface area contributed by atoms with Crippen LogP contribution in [-0.4, -0.2) is 17.4 Å². The molecule has 1 aromatic heterocycles. The monoisotopic (exact) mass is 290 g/mol. The molecule has 0 saturated carbocycles. The van der Waals surface area contributed by atoms with Gasteiger partial charge in [-0.3, -0.25) is 0 Å². The largest absolute Gasteiger partial charge is 0.507 e. The molecule has 2 heterocycles. The number of hydrogen-bond acceptors (Lipinski definition) is 5. The van der Waals surface area contributed by atoms with E-state index in [4.69, 9.17) is 10.3 Å². The fourth-order valence-electron chi connectivity index (χ4n) is 1.65. The molecule has 2 aromatic rings. The van der Waals surface area contributed by atoms with E-state index in [0.29, 0.717) is 0 Å². The predicted octanol–water partition coefficient (Wildman–Crippen LogP) is 2.88. The Balaban J connectivity index is 2.03. The summed E-state index contributed by atoms with van der Waals surface area (Å²) in [5, 5.41) is 3.42. The van der Waals surface area contributed by atoms with Gasteiger partial charge in [0.1, 0.15) is 0 Å². The van der Waals surface area contributed by atoms with Gasteiger partial charge in [0.25, 0.3) is 0 Å². The van der Waals surface area contributed by atoms with Crippen molar-refractivity contribution in [2.75, 3.05) is 5.73 Å². The lowest BCUT2D eigenvalue weighted by molar-refractivity contribution is -0.391. The number of alkyl halides is 4. The molecule has 1 aliphatic rings. The number of anilines is 1. The van der Waals surface area contributed by atoms with Crippen LogP contribution in [0.2, 0.25) is 0 Å². The highest BCUT2D eigenvalue weighted by molar-refractivity contribution is 5.64. The molecule has 2 N–H and O–H groups in total. The second-order valence-electron chi connectivity index (χ2n) is 4.02. The van der Waals surface area contributed by atoms with Gasteiger partial charge in [-0.05, 0) is 18.2 Å². The molecule has 0 fully saturated rings. The van der Waals surface area contributed by atoms with E-state index in [1.54, 1.807) is 0 Å². The summed E-state index contributed by atoms with van der Waals surface area (Å²) >= 11 is 0. The smallest absolute Gasteiger partial charge is 0.421 e. The molecule has 0 amide bonds. The van der Waals surface area contributed by atoms with Crippen LogP contribution in [0.1, 0.15) is 0 Å². The van der Waals surface area contributed by atoms with Gasteiger partial charge in [-0.25, -0.2) is 0 Å². The maximum absolute atomic E-state index is 13.0. The molecule has 0 aliphatic carbocycles. The molecule has 0 saturated heterocycles. The third kappa shape index (κ3) is 1.82. The Hall–Kier alpha value is -2.45. The number of aromatic nitrogens is 1. The average molecular weight is 290 g/mol. The van der Waals surface area contributed by atoms with Crippen molar-refractivity contribution in [2.24, 2.45) is 0 Å². The molecule has 0 atom stereocenters. The maximum Gasteiger partial charge on any atom is 0.507 e. The van der Waals surface area contributed by atoms with Crippen molar-refractivity contribution in [1.29, 1.82) is 0 Å². The minimum atomic E-state index is -4.76. The number of benzene rings is 1. The van der Waals surface area contributed by atoms with Crippen LogP contribution in [0.3, 0.4) is 0 Å². The van der Waals surface area contributed by atoms with E-state index in [1.165, 1.54) is 12.1 Å². The first-order valence-corrected chi connectivity index (χ1v) is 5.29. The first-order valence-electron chi connectivity index (χ1n) is 5.29. The first kappa shape index (κ1) is 12.6. The number of hydrogen-bond donors (Lipinski definition) is 1. The molecular weight excluding hydrogens is 284 g/mol. The van der Waals surface area contributed by atoms with Crippen LogP contribution in [0.5, 0.6) is 11.5 Å². The van der Waals surface area contributed by atoms with Crippen molar-refractivity contribution in [3.63, 3.8) is 0 Å². The van der Waals surface area contributed by atoms with E-state index < -0.39 is 23.7 Å². The van der Waals surface area contributed by atoms with Crippen molar-refractivity contribution in [3.8, 4) is 22.8 Å². The molecule has 5 nitrogen and oxygen atoms in total. The van der Waals surface area contributed by atoms with Gasteiger partial charge in [0.2, 0.25) is 0 Å². The molecule has 106 valence electrons. The van der Waals surface area contributed by atoms with Gasteiger partial charge in [0.15, 0.2) is 23.1 Å². The number of nitrogens with zero attached hydrogens (tertiary/aromatic N) is 1. The van der Waals surface area contributed by atoms with E-state index in [1.807, 2.05) is 0 Å². The van der Waals surface area contributed by atoms with Crippen LogP contribution in [0.4, 0.5) is 23.4 Å². The highest BCUT2D eigenvalue weighted by Gasteiger charge is 2.65. The van der Waals surface area contributed by atoms with Gasteiger partial charge in [0.05, 0.1) is 0 Å². The number of nitrogens with two attached hydrogens (primary N) is 1. The van der Waals surface area contributed by atoms with Crippen LogP contribution >= 0.6 is 0 Å². The summed E-state index contributed by atoms with van der Waals surface area (Å²) in [5.41, 5.74) is 5.63. The Morgan fingerprint density at radius 2 is 1.60 bits per heavy atom. The SMILES string of the molecule is Nc1cc(-c2ccc3c(c2)OC(F)(F)C(F)(F)O3)on1. The normalized spacial score (nSPS) is 18.8. The Morgan fingerprint density at radius 3 is 2.20 bits per heavy atom. The number of ether oxygens (including phenoxy) is 2. The van der Waals surface area contributed by atoms with Crippen LogP contribution < -0.4 is 15.2 Å². The van der Waals surface area contributed by atoms with Crippen LogP contribution in [0, 0.1) is 0 Å². The number of halogens is 4. The highest BCUT2D eigenvalue weighted by atomic mass is 19.3. The number of rotatable bonds is 1. The Labute approximate surface area is 108 Å². The van der Waals surface area contributed by atoms with Gasteiger partial charge in [-0.1, -0.05) is 5.16 Å². The zero-order valence-corrected chi connectivity index (χ0v) is 9.57. The lowest BCUT2D eigenvalue weighted by atomic mass is 10.1. The number of nitrogen functional groups attached to an aromatic ring is 1. The predicted molar refractivity (Wildman–Crippen MR) is 57.5 cm³/mol. The van der Waals surface area contributed by atoms with Crippen molar-refractivity contribution < 1.29 is 31.6 Å². The fraction of sp³-hybridized carbons (Fsp3) is 0.182. The topological polar surface area (TPSA) is 70.5 Å². The van der Waals surface area contributed by atoms with Gasteiger partial charge < -0.3 is 19.7 Å². The van der Waals surface area contributed by atoms with E-state index in [0.717, 1.165) is 12.1 Å². The molecule has 9 heteroatoms. The Morgan fingerprint density at radius 1 is 0.950 bits per heavy atom. The summed E-state index contributed by atoms with van der Waals surface area (Å²) in [5.74, 6) is -0.771. The second kappa shape index (κ2) is 3.78. The van der Waals surface area contributed by atoms with E-state index in [9.17, 15) is 17.6 Å². The summed E-state index contributed by atoms with van der Waals surface area (Å²) in [4.78, 5) is 0. The molecule has 3 rings (SSSR count). The summed E-state index contributed by atoms with van der Waals surface area (Å²) in [6, 6.07) is 4.80. The van der Waals surface area contributed by atoms with Gasteiger partial charge in [0, 0.05) is 11.6 Å². The van der Waals surface area contributed by atoms with Crippen molar-refractivity contribution in [3.05, 3.63) is 24.3 Å². The van der Waals surface area contributed by atoms with Crippen molar-refractivity contribution >= 4 is 5.82 Å². The lowest BCUT2D eigenvalue weighted by Crippen LogP contribution is -2.52. The van der Waals surface area contributed by atoms with Crippen LogP contribution in [-0.2, 0) is 0 Å². The molecule has 0 radical (unpaired) electrons. The maximum atomic E-state index is 13.0. The van der Waals surface area contributed by atoms with E-state index >= 15 is 0 Å². The summed E-state index contributed by atoms with van der Waals surface area (Å²) in [6.07, 6.45) is -9.50. The minimum Gasteiger partial charge on any atom is -0.421 e. The van der Waals surface area contributed by atoms with Crippen LogP contribution in [0.25, 0.3) is 11.3 Å². The van der Waals surface area contributed by atoms with E-state index in [2.05, 4.69) is 14.6 Å². The highest BCUT2D eigenvalue weighted by Crippen LogP contribution is 2.47. The first-order chi connectivity index (χ1) is 9.28. The summed E-state index contributed by atoms with van der Waals surface area (Å²) in [7, 11) is 0. The lowest BCUT2D eigenvalue weighted by Gasteiger charge is -2.31. The molecule has 1 aromatic carbocycles. The van der Waals surface area contributed by atoms with Gasteiger partial charge >= 0.3 is 12.2 Å². The standard InChI is InChI=1S/C11H6F4N2O3/c12-10(13)11(14,15)19-8-3-5(1-2-6(8)18-10)7-4-9(16)17-20-7/h1-4H,(H2,16,17). The zero-order chi connectivity index (χ0) is 14.5. The van der Waals surface area contributed by atoms with Gasteiger partial charge in [-0.15, -0.1) is 0 Å².